The maximum absolute atomic E-state index is 12.1. The molecule has 0 radical (unpaired) electrons. The number of sulfone groups is 1. The zero-order valence-corrected chi connectivity index (χ0v) is 10.3. The van der Waals surface area contributed by atoms with E-state index >= 15 is 0 Å². The molecule has 0 N–H and O–H groups in total. The van der Waals surface area contributed by atoms with Crippen LogP contribution in [0.4, 0.5) is 0 Å². The summed E-state index contributed by atoms with van der Waals surface area (Å²) in [6.07, 6.45) is 0.794. The monoisotopic (exact) mass is 258 g/mol. The largest absolute Gasteiger partial charge is 0.457 e. The fourth-order valence-corrected chi connectivity index (χ4v) is 3.91. The first-order chi connectivity index (χ1) is 8.03. The van der Waals surface area contributed by atoms with Crippen LogP contribution < -0.4 is 0 Å². The van der Waals surface area contributed by atoms with Gasteiger partial charge in [0.1, 0.15) is 11.5 Å². The molecule has 2 atom stereocenters. The van der Waals surface area contributed by atoms with Gasteiger partial charge in [-0.05, 0) is 25.5 Å². The highest BCUT2D eigenvalue weighted by molar-refractivity contribution is 7.91. The van der Waals surface area contributed by atoms with Gasteiger partial charge in [-0.1, -0.05) is 0 Å². The minimum absolute atomic E-state index is 0.144. The number of furan rings is 1. The molecule has 6 heteroatoms. The Morgan fingerprint density at radius 1 is 1.47 bits per heavy atom. The number of hydrogen-bond donors (Lipinski definition) is 0. The van der Waals surface area contributed by atoms with Gasteiger partial charge in [-0.3, -0.25) is 4.79 Å². The topological polar surface area (TPSA) is 73.6 Å². The smallest absolute Gasteiger partial charge is 0.185 e. The van der Waals surface area contributed by atoms with Crippen molar-refractivity contribution in [2.24, 2.45) is 0 Å². The van der Waals surface area contributed by atoms with E-state index < -0.39 is 15.1 Å². The van der Waals surface area contributed by atoms with Gasteiger partial charge in [0.2, 0.25) is 0 Å². The maximum Gasteiger partial charge on any atom is 0.185 e. The number of hydrogen-bond acceptors (Lipinski definition) is 5. The van der Waals surface area contributed by atoms with Crippen molar-refractivity contribution in [3.05, 3.63) is 23.7 Å². The van der Waals surface area contributed by atoms with Gasteiger partial charge in [0, 0.05) is 6.61 Å². The van der Waals surface area contributed by atoms with Gasteiger partial charge in [-0.25, -0.2) is 8.42 Å². The van der Waals surface area contributed by atoms with Crippen molar-refractivity contribution in [1.82, 2.24) is 0 Å². The summed E-state index contributed by atoms with van der Waals surface area (Å²) in [6.45, 7) is 2.23. The average Bonchev–Trinajstić information content (AvgIpc) is 2.86. The zero-order valence-electron chi connectivity index (χ0n) is 9.46. The second-order valence-electron chi connectivity index (χ2n) is 4.13. The van der Waals surface area contributed by atoms with E-state index in [0.29, 0.717) is 25.1 Å². The molecule has 0 bridgehead atoms. The lowest BCUT2D eigenvalue weighted by atomic mass is 10.3. The quantitative estimate of drug-likeness (QED) is 0.758. The normalized spacial score (nSPS) is 25.0. The number of carbonyl (C=O) groups excluding carboxylic acids is 1. The molecule has 1 aliphatic heterocycles. The zero-order chi connectivity index (χ0) is 12.5. The van der Waals surface area contributed by atoms with Crippen LogP contribution in [0.2, 0.25) is 0 Å². The van der Waals surface area contributed by atoms with Gasteiger partial charge < -0.3 is 9.15 Å². The lowest BCUT2D eigenvalue weighted by molar-refractivity contribution is 0.109. The van der Waals surface area contributed by atoms with Crippen LogP contribution in [-0.4, -0.2) is 32.7 Å². The third kappa shape index (κ3) is 2.58. The lowest BCUT2D eigenvalue weighted by Crippen LogP contribution is -2.29. The van der Waals surface area contributed by atoms with Gasteiger partial charge in [-0.15, -0.1) is 0 Å². The summed E-state index contributed by atoms with van der Waals surface area (Å²) < 4.78 is 34.5. The SMILES string of the molecule is CC1OCCC1S(=O)(=O)Cc1ccc(C=O)o1. The van der Waals surface area contributed by atoms with E-state index in [9.17, 15) is 13.2 Å². The lowest BCUT2D eigenvalue weighted by Gasteiger charge is -2.13. The van der Waals surface area contributed by atoms with Crippen molar-refractivity contribution in [3.63, 3.8) is 0 Å². The minimum Gasteiger partial charge on any atom is -0.457 e. The van der Waals surface area contributed by atoms with E-state index in [2.05, 4.69) is 0 Å². The molecule has 0 amide bonds. The van der Waals surface area contributed by atoms with Crippen LogP contribution >= 0.6 is 0 Å². The molecule has 94 valence electrons. The highest BCUT2D eigenvalue weighted by atomic mass is 32.2. The van der Waals surface area contributed by atoms with Crippen molar-refractivity contribution in [1.29, 1.82) is 0 Å². The minimum atomic E-state index is -3.29. The van der Waals surface area contributed by atoms with Crippen LogP contribution in [-0.2, 0) is 20.3 Å². The van der Waals surface area contributed by atoms with Crippen LogP contribution in [0.25, 0.3) is 0 Å². The molecular weight excluding hydrogens is 244 g/mol. The van der Waals surface area contributed by atoms with E-state index in [-0.39, 0.29) is 17.6 Å². The van der Waals surface area contributed by atoms with E-state index in [1.807, 2.05) is 0 Å². The average molecular weight is 258 g/mol. The fraction of sp³-hybridized carbons (Fsp3) is 0.545. The Kier molecular flexibility index (Phi) is 3.35. The summed E-state index contributed by atoms with van der Waals surface area (Å²) in [4.78, 5) is 10.4. The number of ether oxygens (including phenoxy) is 1. The van der Waals surface area contributed by atoms with Crippen molar-refractivity contribution < 1.29 is 22.4 Å². The van der Waals surface area contributed by atoms with E-state index in [1.54, 1.807) is 6.92 Å². The van der Waals surface area contributed by atoms with Gasteiger partial charge in [-0.2, -0.15) is 0 Å². The molecule has 0 saturated carbocycles. The molecule has 1 aromatic rings. The predicted molar refractivity (Wildman–Crippen MR) is 60.5 cm³/mol. The first kappa shape index (κ1) is 12.3. The van der Waals surface area contributed by atoms with Crippen LogP contribution in [0.15, 0.2) is 16.5 Å². The standard InChI is InChI=1S/C11H14O5S/c1-8-11(4-5-15-8)17(13,14)7-10-3-2-9(6-12)16-10/h2-3,6,8,11H,4-5,7H2,1H3. The molecule has 1 aromatic heterocycles. The van der Waals surface area contributed by atoms with Crippen LogP contribution in [0, 0.1) is 0 Å². The first-order valence-electron chi connectivity index (χ1n) is 5.40. The Morgan fingerprint density at radius 2 is 2.24 bits per heavy atom. The maximum atomic E-state index is 12.1. The summed E-state index contributed by atoms with van der Waals surface area (Å²) in [7, 11) is -3.29. The summed E-state index contributed by atoms with van der Waals surface area (Å²) in [6, 6.07) is 2.98. The van der Waals surface area contributed by atoms with E-state index in [0.717, 1.165) is 0 Å². The van der Waals surface area contributed by atoms with Gasteiger partial charge in [0.15, 0.2) is 21.9 Å². The van der Waals surface area contributed by atoms with Gasteiger partial charge >= 0.3 is 0 Å². The summed E-state index contributed by atoms with van der Waals surface area (Å²) in [5.74, 6) is 0.260. The molecular formula is C11H14O5S. The van der Waals surface area contributed by atoms with Crippen molar-refractivity contribution >= 4 is 16.1 Å². The Balaban J connectivity index is 2.14. The predicted octanol–water partition coefficient (Wildman–Crippen LogP) is 1.18. The third-order valence-corrected chi connectivity index (χ3v) is 5.14. The summed E-state index contributed by atoms with van der Waals surface area (Å²) >= 11 is 0. The third-order valence-electron chi connectivity index (χ3n) is 2.91. The first-order valence-corrected chi connectivity index (χ1v) is 7.11. The fourth-order valence-electron chi connectivity index (χ4n) is 2.02. The number of rotatable bonds is 4. The van der Waals surface area contributed by atoms with Crippen LogP contribution in [0.1, 0.15) is 29.7 Å². The molecule has 2 unspecified atom stereocenters. The van der Waals surface area contributed by atoms with Crippen molar-refractivity contribution in [2.75, 3.05) is 6.61 Å². The Morgan fingerprint density at radius 3 is 2.76 bits per heavy atom. The molecule has 0 aromatic carbocycles. The molecule has 1 aliphatic rings. The Bertz CT molecular complexity index is 502. The second-order valence-corrected chi connectivity index (χ2v) is 6.35. The Hall–Kier alpha value is -1.14. The molecule has 2 rings (SSSR count). The number of aldehydes is 1. The van der Waals surface area contributed by atoms with Crippen molar-refractivity contribution in [3.8, 4) is 0 Å². The molecule has 1 fully saturated rings. The highest BCUT2D eigenvalue weighted by Crippen LogP contribution is 2.24. The van der Waals surface area contributed by atoms with Crippen LogP contribution in [0.3, 0.4) is 0 Å². The molecule has 5 nitrogen and oxygen atoms in total. The molecule has 0 spiro atoms. The Labute approximate surface area is 99.7 Å². The van der Waals surface area contributed by atoms with Crippen LogP contribution in [0.5, 0.6) is 0 Å². The number of carbonyl (C=O) groups is 1. The van der Waals surface area contributed by atoms with Gasteiger partial charge in [0.05, 0.1) is 11.4 Å². The molecule has 1 saturated heterocycles. The van der Waals surface area contributed by atoms with Crippen molar-refractivity contribution in [2.45, 2.75) is 30.5 Å². The second kappa shape index (κ2) is 4.62. The van der Waals surface area contributed by atoms with Gasteiger partial charge in [0.25, 0.3) is 0 Å². The molecule has 17 heavy (non-hydrogen) atoms. The van der Waals surface area contributed by atoms with E-state index in [1.165, 1.54) is 12.1 Å². The molecule has 0 aliphatic carbocycles. The summed E-state index contributed by atoms with van der Waals surface area (Å²) in [5, 5.41) is -0.479. The highest BCUT2D eigenvalue weighted by Gasteiger charge is 2.36. The van der Waals surface area contributed by atoms with E-state index in [4.69, 9.17) is 9.15 Å². The molecule has 2 heterocycles. The summed E-state index contributed by atoms with van der Waals surface area (Å²) in [5.41, 5.74) is 0.